The van der Waals surface area contributed by atoms with Gasteiger partial charge >= 0.3 is 0 Å². The molecular formula is C21H34N7O2Y3-3. The molecule has 0 saturated heterocycles. The standard InChI is InChI=1S/C7H6N3O.C6H5N3O.C3H7N.2C2H6.CH4.3Y/c1-8-6-5-3-2-4-9-7(5)11-10-6;7-5-4-2-1-3-8-6(4)10-9-5;1-4(2)3;2*1-2;;;;/h2-4H,1H2,(H,8,10);1-3H,(H2,7,9);1-2H2,3H3;2*1-2H3;1H4;;;/q-1;;-2;;;;;;. The molecule has 0 aromatic carbocycles. The summed E-state index contributed by atoms with van der Waals surface area (Å²) in [6.45, 7) is 8.00. The largest absolute Gasteiger partial charge is 0.613 e. The zero-order chi connectivity index (χ0) is 22.2. The second-order valence-corrected chi connectivity index (χ2v) is 4.84. The fraction of sp³-hybridized carbons (Fsp3) is 0.286. The minimum Gasteiger partial charge on any atom is -0.613 e. The zero-order valence-electron chi connectivity index (χ0n) is 19.4. The Labute approximate surface area is 273 Å². The number of fused-ring (bicyclic) bond motifs is 2. The monoisotopic (exact) mass is 683 g/mol. The van der Waals surface area contributed by atoms with Crippen LogP contribution in [0.25, 0.3) is 22.2 Å². The molecule has 0 bridgehead atoms. The number of anilines is 2. The molecule has 0 atom stereocenters. The van der Waals surface area contributed by atoms with Crippen molar-refractivity contribution in [2.45, 2.75) is 35.1 Å². The third-order valence-electron chi connectivity index (χ3n) is 2.69. The molecule has 0 amide bonds. The van der Waals surface area contributed by atoms with Gasteiger partial charge < -0.3 is 39.1 Å². The van der Waals surface area contributed by atoms with Crippen LogP contribution in [0.2, 0.25) is 0 Å². The Bertz CT molecular complexity index is 931. The van der Waals surface area contributed by atoms with Crippen LogP contribution in [0.15, 0.2) is 45.7 Å². The molecule has 4 aromatic rings. The molecule has 4 heterocycles. The summed E-state index contributed by atoms with van der Waals surface area (Å²) < 4.78 is 9.64. The van der Waals surface area contributed by atoms with Gasteiger partial charge in [0.1, 0.15) is 5.82 Å². The van der Waals surface area contributed by atoms with Gasteiger partial charge in [0, 0.05) is 111 Å². The van der Waals surface area contributed by atoms with Crippen molar-refractivity contribution in [2.24, 2.45) is 0 Å². The molecule has 0 saturated carbocycles. The first-order chi connectivity index (χ1) is 14.0. The molecule has 3 N–H and O–H groups in total. The Hall–Kier alpha value is 0.112. The van der Waals surface area contributed by atoms with Gasteiger partial charge in [-0.15, -0.1) is 0 Å². The van der Waals surface area contributed by atoms with E-state index in [0.29, 0.717) is 23.1 Å². The van der Waals surface area contributed by atoms with Gasteiger partial charge in [-0.05, 0) is 24.3 Å². The van der Waals surface area contributed by atoms with E-state index in [2.05, 4.69) is 46.7 Å². The number of rotatable bonds is 1. The topological polar surface area (TPSA) is 119 Å². The maximum Gasteiger partial charge on any atom is 0.259 e. The number of pyridine rings is 2. The SMILES string of the molecule is C.CC.CC.Nc1noc2ncccc12.[CH2-]N([CH2-])C.[CH2-]Nc1noc2ncccc12.[Y].[Y].[Y]. The molecule has 0 aliphatic rings. The molecule has 0 aliphatic carbocycles. The van der Waals surface area contributed by atoms with Gasteiger partial charge in [-0.25, -0.2) is 9.97 Å². The fourth-order valence-corrected chi connectivity index (χ4v) is 1.71. The van der Waals surface area contributed by atoms with E-state index in [4.69, 9.17) is 14.8 Å². The Morgan fingerprint density at radius 2 is 1.24 bits per heavy atom. The van der Waals surface area contributed by atoms with Crippen molar-refractivity contribution in [1.29, 1.82) is 0 Å². The maximum absolute atomic E-state index is 5.43. The molecule has 33 heavy (non-hydrogen) atoms. The van der Waals surface area contributed by atoms with Gasteiger partial charge in [-0.3, -0.25) is 7.05 Å². The summed E-state index contributed by atoms with van der Waals surface area (Å²) in [5, 5.41) is 11.5. The molecule has 12 heteroatoms. The Kier molecular flexibility index (Phi) is 35.0. The van der Waals surface area contributed by atoms with E-state index < -0.39 is 0 Å². The summed E-state index contributed by atoms with van der Waals surface area (Å²) in [5.74, 6) is 1.01. The predicted molar refractivity (Wildman–Crippen MR) is 125 cm³/mol. The number of nitrogens with two attached hydrogens (primary N) is 1. The number of aromatic nitrogens is 4. The third-order valence-corrected chi connectivity index (χ3v) is 2.69. The van der Waals surface area contributed by atoms with E-state index in [1.54, 1.807) is 25.5 Å². The zero-order valence-corrected chi connectivity index (χ0v) is 28.0. The molecule has 4 aromatic heterocycles. The van der Waals surface area contributed by atoms with Gasteiger partial charge in [0.25, 0.3) is 11.4 Å². The van der Waals surface area contributed by atoms with E-state index in [1.165, 1.54) is 4.90 Å². The van der Waals surface area contributed by atoms with Crippen molar-refractivity contribution in [3.05, 3.63) is 57.8 Å². The molecule has 0 fully saturated rings. The maximum atomic E-state index is 5.43. The summed E-state index contributed by atoms with van der Waals surface area (Å²) in [6, 6.07) is 7.29. The number of hydrogen-bond acceptors (Lipinski definition) is 9. The van der Waals surface area contributed by atoms with E-state index in [9.17, 15) is 0 Å². The Morgan fingerprint density at radius 3 is 1.67 bits per heavy atom. The van der Waals surface area contributed by atoms with Gasteiger partial charge in [0.15, 0.2) is 5.82 Å². The minimum atomic E-state index is 0. The van der Waals surface area contributed by atoms with E-state index >= 15 is 0 Å². The molecular weight excluding hydrogens is 649 g/mol. The second kappa shape index (κ2) is 26.7. The summed E-state index contributed by atoms with van der Waals surface area (Å²) in [6.07, 6.45) is 3.29. The molecule has 0 spiro atoms. The normalized spacial score (nSPS) is 8.03. The van der Waals surface area contributed by atoms with Crippen molar-refractivity contribution in [3.8, 4) is 0 Å². The number of nitrogens with zero attached hydrogens (tertiary/aromatic N) is 5. The van der Waals surface area contributed by atoms with Crippen molar-refractivity contribution in [2.75, 3.05) is 18.1 Å². The molecule has 0 unspecified atom stereocenters. The second-order valence-electron chi connectivity index (χ2n) is 4.84. The van der Waals surface area contributed by atoms with E-state index in [1.807, 2.05) is 45.9 Å². The van der Waals surface area contributed by atoms with E-state index in [-0.39, 0.29) is 106 Å². The molecule has 9 nitrogen and oxygen atoms in total. The van der Waals surface area contributed by atoms with Crippen LogP contribution >= 0.6 is 0 Å². The first-order valence-electron chi connectivity index (χ1n) is 9.07. The predicted octanol–water partition coefficient (Wildman–Crippen LogP) is 5.41. The average Bonchev–Trinajstić information content (AvgIpc) is 3.35. The van der Waals surface area contributed by atoms with Crippen molar-refractivity contribution < 1.29 is 107 Å². The molecule has 4 rings (SSSR count). The third kappa shape index (κ3) is 16.4. The van der Waals surface area contributed by atoms with Gasteiger partial charge in [0.2, 0.25) is 0 Å². The Balaban J connectivity index is -0.000000111. The van der Waals surface area contributed by atoms with Crippen molar-refractivity contribution in [1.82, 2.24) is 25.2 Å². The van der Waals surface area contributed by atoms with Crippen molar-refractivity contribution >= 4 is 33.8 Å². The van der Waals surface area contributed by atoms with Crippen LogP contribution in [-0.2, 0) is 98.1 Å². The van der Waals surface area contributed by atoms with E-state index in [0.717, 1.165) is 10.8 Å². The first kappa shape index (κ1) is 43.2. The summed E-state index contributed by atoms with van der Waals surface area (Å²) >= 11 is 0. The molecule has 177 valence electrons. The first-order valence-corrected chi connectivity index (χ1v) is 9.07. The van der Waals surface area contributed by atoms with Crippen LogP contribution in [0.4, 0.5) is 11.6 Å². The van der Waals surface area contributed by atoms with Gasteiger partial charge in [-0.2, -0.15) is 0 Å². The van der Waals surface area contributed by atoms with Crippen LogP contribution in [0.1, 0.15) is 35.1 Å². The summed E-state index contributed by atoms with van der Waals surface area (Å²) in [5.41, 5.74) is 6.44. The number of nitrogens with one attached hydrogen (secondary N) is 1. The fourth-order valence-electron chi connectivity index (χ4n) is 1.71. The van der Waals surface area contributed by atoms with Crippen molar-refractivity contribution in [3.63, 3.8) is 0 Å². The van der Waals surface area contributed by atoms with Crippen LogP contribution < -0.4 is 11.1 Å². The number of nitrogen functional groups attached to an aromatic ring is 1. The smallest absolute Gasteiger partial charge is 0.259 e. The quantitative estimate of drug-likeness (QED) is 0.254. The number of hydrogen-bond donors (Lipinski definition) is 2. The minimum absolute atomic E-state index is 0. The van der Waals surface area contributed by atoms with Crippen LogP contribution in [-0.4, -0.2) is 32.2 Å². The van der Waals surface area contributed by atoms with Gasteiger partial charge in [-0.1, -0.05) is 52.5 Å². The molecule has 3 radical (unpaired) electrons. The van der Waals surface area contributed by atoms with Crippen LogP contribution in [0.5, 0.6) is 0 Å². The van der Waals surface area contributed by atoms with Gasteiger partial charge in [0.05, 0.1) is 10.8 Å². The molecule has 0 aliphatic heterocycles. The Morgan fingerprint density at radius 1 is 0.848 bits per heavy atom. The summed E-state index contributed by atoms with van der Waals surface area (Å²) in [7, 11) is 12.0. The average molecular weight is 683 g/mol. The summed E-state index contributed by atoms with van der Waals surface area (Å²) in [4.78, 5) is 9.35. The van der Waals surface area contributed by atoms with Crippen LogP contribution in [0.3, 0.4) is 0 Å². The van der Waals surface area contributed by atoms with Crippen LogP contribution in [0, 0.1) is 21.1 Å².